The molecule has 0 radical (unpaired) electrons. The van der Waals surface area contributed by atoms with Gasteiger partial charge in [0.2, 0.25) is 5.91 Å². The van der Waals surface area contributed by atoms with Gasteiger partial charge in [-0.25, -0.2) is 0 Å². The molecule has 0 saturated carbocycles. The van der Waals surface area contributed by atoms with Crippen LogP contribution < -0.4 is 5.32 Å². The molecule has 1 saturated heterocycles. The summed E-state index contributed by atoms with van der Waals surface area (Å²) in [6.45, 7) is 4.31. The smallest absolute Gasteiger partial charge is 0.237 e. The number of hydrogen-bond donors (Lipinski definition) is 1. The number of halogens is 1. The standard InChI is InChI=1S/C26H27ClN2O/c1-19-12-13-23(16-24(19)27)22-10-5-9-21(15-22)18-29-14-6-11-25(29)26(30)28-17-20-7-3-2-4-8-20/h2-5,7-10,12-13,15-16,25H,6,11,14,17-18H2,1H3,(H,28,30). The Morgan fingerprint density at radius 2 is 1.77 bits per heavy atom. The Morgan fingerprint density at radius 3 is 2.57 bits per heavy atom. The predicted octanol–water partition coefficient (Wildman–Crippen LogP) is 5.60. The van der Waals surface area contributed by atoms with E-state index in [0.29, 0.717) is 6.54 Å². The molecule has 4 rings (SSSR count). The van der Waals surface area contributed by atoms with Crippen LogP contribution in [0.15, 0.2) is 72.8 Å². The molecule has 0 aliphatic carbocycles. The molecule has 1 amide bonds. The molecule has 3 aromatic carbocycles. The molecule has 3 aromatic rings. The summed E-state index contributed by atoms with van der Waals surface area (Å²) >= 11 is 6.32. The summed E-state index contributed by atoms with van der Waals surface area (Å²) < 4.78 is 0. The molecule has 1 N–H and O–H groups in total. The quantitative estimate of drug-likeness (QED) is 0.565. The van der Waals surface area contributed by atoms with Crippen LogP contribution in [0, 0.1) is 6.92 Å². The SMILES string of the molecule is Cc1ccc(-c2cccc(CN3CCCC3C(=O)NCc3ccccc3)c2)cc1Cl. The molecule has 154 valence electrons. The Morgan fingerprint density at radius 1 is 1.00 bits per heavy atom. The van der Waals surface area contributed by atoms with E-state index >= 15 is 0 Å². The Labute approximate surface area is 183 Å². The minimum atomic E-state index is -0.0637. The van der Waals surface area contributed by atoms with Crippen molar-refractivity contribution in [2.75, 3.05) is 6.54 Å². The first-order valence-electron chi connectivity index (χ1n) is 10.5. The third kappa shape index (κ3) is 4.92. The van der Waals surface area contributed by atoms with E-state index in [1.165, 1.54) is 5.56 Å². The van der Waals surface area contributed by atoms with Crippen LogP contribution in [-0.2, 0) is 17.9 Å². The highest BCUT2D eigenvalue weighted by Crippen LogP contribution is 2.27. The van der Waals surface area contributed by atoms with E-state index in [-0.39, 0.29) is 11.9 Å². The summed E-state index contributed by atoms with van der Waals surface area (Å²) in [4.78, 5) is 15.1. The number of amides is 1. The molecule has 0 spiro atoms. The number of carbonyl (C=O) groups excluding carboxylic acids is 1. The topological polar surface area (TPSA) is 32.3 Å². The summed E-state index contributed by atoms with van der Waals surface area (Å²) in [6.07, 6.45) is 1.96. The van der Waals surface area contributed by atoms with Gasteiger partial charge in [-0.3, -0.25) is 9.69 Å². The second-order valence-electron chi connectivity index (χ2n) is 8.00. The first-order chi connectivity index (χ1) is 14.6. The van der Waals surface area contributed by atoms with Crippen molar-refractivity contribution in [1.82, 2.24) is 10.2 Å². The normalized spacial score (nSPS) is 16.5. The summed E-state index contributed by atoms with van der Waals surface area (Å²) in [6, 6.07) is 24.7. The van der Waals surface area contributed by atoms with Crippen molar-refractivity contribution in [3.8, 4) is 11.1 Å². The lowest BCUT2D eigenvalue weighted by atomic mass is 10.0. The van der Waals surface area contributed by atoms with Crippen molar-refractivity contribution in [1.29, 1.82) is 0 Å². The second-order valence-corrected chi connectivity index (χ2v) is 8.40. The molecule has 1 aliphatic rings. The lowest BCUT2D eigenvalue weighted by molar-refractivity contribution is -0.125. The van der Waals surface area contributed by atoms with Gasteiger partial charge in [0.05, 0.1) is 6.04 Å². The molecule has 0 bridgehead atoms. The first kappa shape index (κ1) is 20.6. The lowest BCUT2D eigenvalue weighted by Gasteiger charge is -2.24. The van der Waals surface area contributed by atoms with E-state index in [0.717, 1.165) is 53.2 Å². The van der Waals surface area contributed by atoms with Gasteiger partial charge in [-0.15, -0.1) is 0 Å². The molecule has 4 heteroatoms. The van der Waals surface area contributed by atoms with E-state index in [2.05, 4.69) is 46.6 Å². The maximum atomic E-state index is 12.8. The fraction of sp³-hybridized carbons (Fsp3) is 0.269. The van der Waals surface area contributed by atoms with Gasteiger partial charge in [0.25, 0.3) is 0 Å². The summed E-state index contributed by atoms with van der Waals surface area (Å²) in [5.41, 5.74) is 5.69. The third-order valence-corrected chi connectivity index (χ3v) is 6.20. The predicted molar refractivity (Wildman–Crippen MR) is 123 cm³/mol. The van der Waals surface area contributed by atoms with Crippen LogP contribution in [0.2, 0.25) is 5.02 Å². The summed E-state index contributed by atoms with van der Waals surface area (Å²) in [5.74, 6) is 0.123. The monoisotopic (exact) mass is 418 g/mol. The number of nitrogens with zero attached hydrogens (tertiary/aromatic N) is 1. The van der Waals surface area contributed by atoms with Crippen LogP contribution in [0.3, 0.4) is 0 Å². The summed E-state index contributed by atoms with van der Waals surface area (Å²) in [7, 11) is 0. The highest BCUT2D eigenvalue weighted by atomic mass is 35.5. The largest absolute Gasteiger partial charge is 0.351 e. The number of likely N-dealkylation sites (tertiary alicyclic amines) is 1. The van der Waals surface area contributed by atoms with Crippen molar-refractivity contribution in [3.05, 3.63) is 94.5 Å². The van der Waals surface area contributed by atoms with Crippen molar-refractivity contribution in [2.45, 2.75) is 38.9 Å². The number of nitrogens with one attached hydrogen (secondary N) is 1. The number of rotatable bonds is 6. The van der Waals surface area contributed by atoms with Crippen molar-refractivity contribution >= 4 is 17.5 Å². The molecule has 0 aromatic heterocycles. The van der Waals surface area contributed by atoms with Crippen LogP contribution in [-0.4, -0.2) is 23.4 Å². The van der Waals surface area contributed by atoms with Crippen LogP contribution in [0.5, 0.6) is 0 Å². The van der Waals surface area contributed by atoms with Gasteiger partial charge in [-0.1, -0.05) is 72.3 Å². The fourth-order valence-electron chi connectivity index (χ4n) is 4.07. The lowest BCUT2D eigenvalue weighted by Crippen LogP contribution is -2.42. The van der Waals surface area contributed by atoms with Gasteiger partial charge >= 0.3 is 0 Å². The van der Waals surface area contributed by atoms with Gasteiger partial charge in [0.1, 0.15) is 0 Å². The Hall–Kier alpha value is -2.62. The van der Waals surface area contributed by atoms with Crippen LogP contribution in [0.25, 0.3) is 11.1 Å². The van der Waals surface area contributed by atoms with E-state index in [1.807, 2.05) is 43.3 Å². The zero-order valence-corrected chi connectivity index (χ0v) is 18.0. The first-order valence-corrected chi connectivity index (χ1v) is 10.9. The second kappa shape index (κ2) is 9.46. The van der Waals surface area contributed by atoms with Crippen molar-refractivity contribution in [2.24, 2.45) is 0 Å². The van der Waals surface area contributed by atoms with Gasteiger partial charge in [0.15, 0.2) is 0 Å². The van der Waals surface area contributed by atoms with E-state index in [4.69, 9.17) is 11.6 Å². The molecule has 30 heavy (non-hydrogen) atoms. The van der Waals surface area contributed by atoms with Crippen LogP contribution >= 0.6 is 11.6 Å². The van der Waals surface area contributed by atoms with E-state index in [9.17, 15) is 4.79 Å². The number of aryl methyl sites for hydroxylation is 1. The zero-order valence-electron chi connectivity index (χ0n) is 17.3. The minimum absolute atomic E-state index is 0.0637. The van der Waals surface area contributed by atoms with Gasteiger partial charge in [0, 0.05) is 18.1 Å². The number of carbonyl (C=O) groups is 1. The minimum Gasteiger partial charge on any atom is -0.351 e. The maximum Gasteiger partial charge on any atom is 0.237 e. The molecule has 1 aliphatic heterocycles. The highest BCUT2D eigenvalue weighted by Gasteiger charge is 2.30. The number of hydrogen-bond acceptors (Lipinski definition) is 2. The number of benzene rings is 3. The fourth-order valence-corrected chi connectivity index (χ4v) is 4.25. The molecule has 1 fully saturated rings. The average molecular weight is 419 g/mol. The molecular weight excluding hydrogens is 392 g/mol. The Bertz CT molecular complexity index is 1020. The van der Waals surface area contributed by atoms with E-state index < -0.39 is 0 Å². The Kier molecular flexibility index (Phi) is 6.51. The van der Waals surface area contributed by atoms with Crippen LogP contribution in [0.1, 0.15) is 29.5 Å². The molecule has 1 unspecified atom stereocenters. The molecular formula is C26H27ClN2O. The average Bonchev–Trinajstić information content (AvgIpc) is 3.23. The third-order valence-electron chi connectivity index (χ3n) is 5.79. The van der Waals surface area contributed by atoms with Gasteiger partial charge < -0.3 is 5.32 Å². The van der Waals surface area contributed by atoms with Gasteiger partial charge in [-0.05, 0) is 66.3 Å². The van der Waals surface area contributed by atoms with Crippen LogP contribution in [0.4, 0.5) is 0 Å². The summed E-state index contributed by atoms with van der Waals surface area (Å²) in [5, 5.41) is 3.89. The zero-order chi connectivity index (χ0) is 20.9. The van der Waals surface area contributed by atoms with Crippen molar-refractivity contribution < 1.29 is 4.79 Å². The van der Waals surface area contributed by atoms with Gasteiger partial charge in [-0.2, -0.15) is 0 Å². The maximum absolute atomic E-state index is 12.8. The molecule has 3 nitrogen and oxygen atoms in total. The van der Waals surface area contributed by atoms with E-state index in [1.54, 1.807) is 0 Å². The molecule has 1 atom stereocenters. The highest BCUT2D eigenvalue weighted by molar-refractivity contribution is 6.31. The molecule has 1 heterocycles. The van der Waals surface area contributed by atoms with Crippen molar-refractivity contribution in [3.63, 3.8) is 0 Å². The Balaban J connectivity index is 1.43.